The molecule has 1 aliphatic carbocycles. The molecule has 1 atom stereocenters. The van der Waals surface area contributed by atoms with Gasteiger partial charge < -0.3 is 15.0 Å². The lowest BCUT2D eigenvalue weighted by Crippen LogP contribution is -2.53. The molecule has 0 bridgehead atoms. The zero-order valence-electron chi connectivity index (χ0n) is 23.4. The SMILES string of the molecule is O=C(NCCCCCCCN1CCN(Cc2ccccc2)[C@@H](CC2CCCCC2)C1)OCc1ccccc1. The van der Waals surface area contributed by atoms with Gasteiger partial charge in [-0.3, -0.25) is 4.90 Å². The van der Waals surface area contributed by atoms with E-state index in [0.29, 0.717) is 19.2 Å². The van der Waals surface area contributed by atoms with Crippen LogP contribution in [0.4, 0.5) is 4.79 Å². The molecule has 208 valence electrons. The zero-order chi connectivity index (χ0) is 26.3. The molecular weight excluding hydrogens is 470 g/mol. The number of benzene rings is 2. The van der Waals surface area contributed by atoms with Crippen molar-refractivity contribution < 1.29 is 9.53 Å². The van der Waals surface area contributed by atoms with E-state index in [4.69, 9.17) is 4.74 Å². The first-order chi connectivity index (χ1) is 18.8. The third-order valence-corrected chi connectivity index (χ3v) is 8.38. The van der Waals surface area contributed by atoms with E-state index in [1.165, 1.54) is 89.5 Å². The lowest BCUT2D eigenvalue weighted by molar-refractivity contribution is 0.0500. The number of rotatable bonds is 14. The maximum absolute atomic E-state index is 11.9. The Kier molecular flexibility index (Phi) is 12.5. The van der Waals surface area contributed by atoms with Gasteiger partial charge in [0.25, 0.3) is 0 Å². The number of amides is 1. The van der Waals surface area contributed by atoms with Crippen molar-refractivity contribution in [1.82, 2.24) is 15.1 Å². The van der Waals surface area contributed by atoms with Gasteiger partial charge in [-0.15, -0.1) is 0 Å². The van der Waals surface area contributed by atoms with E-state index >= 15 is 0 Å². The van der Waals surface area contributed by atoms with Crippen molar-refractivity contribution in [1.29, 1.82) is 0 Å². The second-order valence-corrected chi connectivity index (χ2v) is 11.4. The van der Waals surface area contributed by atoms with Crippen molar-refractivity contribution in [3.05, 3.63) is 71.8 Å². The number of ether oxygens (including phenoxy) is 1. The van der Waals surface area contributed by atoms with Crippen LogP contribution in [-0.4, -0.2) is 54.7 Å². The number of unbranched alkanes of at least 4 members (excludes halogenated alkanes) is 4. The summed E-state index contributed by atoms with van der Waals surface area (Å²) in [6.45, 7) is 6.97. The first-order valence-corrected chi connectivity index (χ1v) is 15.2. The lowest BCUT2D eigenvalue weighted by Gasteiger charge is -2.43. The highest BCUT2D eigenvalue weighted by Crippen LogP contribution is 2.30. The molecule has 1 saturated heterocycles. The zero-order valence-corrected chi connectivity index (χ0v) is 23.4. The molecule has 0 radical (unpaired) electrons. The predicted octanol–water partition coefficient (Wildman–Crippen LogP) is 7.02. The van der Waals surface area contributed by atoms with E-state index in [1.54, 1.807) is 0 Å². The summed E-state index contributed by atoms with van der Waals surface area (Å²) in [6.07, 6.45) is 14.2. The van der Waals surface area contributed by atoms with Gasteiger partial charge in [0, 0.05) is 38.8 Å². The number of alkyl carbamates (subject to hydrolysis) is 1. The molecule has 1 aliphatic heterocycles. The van der Waals surface area contributed by atoms with E-state index in [2.05, 4.69) is 45.4 Å². The highest BCUT2D eigenvalue weighted by molar-refractivity contribution is 5.67. The van der Waals surface area contributed by atoms with Crippen LogP contribution in [0.2, 0.25) is 0 Å². The number of carbonyl (C=O) groups is 1. The van der Waals surface area contributed by atoms with Gasteiger partial charge in [0.15, 0.2) is 0 Å². The molecule has 1 amide bonds. The molecule has 5 heteroatoms. The molecule has 38 heavy (non-hydrogen) atoms. The maximum atomic E-state index is 11.9. The van der Waals surface area contributed by atoms with Crippen LogP contribution in [0.1, 0.15) is 81.8 Å². The monoisotopic (exact) mass is 519 g/mol. The Hall–Kier alpha value is -2.37. The average molecular weight is 520 g/mol. The van der Waals surface area contributed by atoms with Crippen molar-refractivity contribution in [2.45, 2.75) is 89.8 Å². The molecular formula is C33H49N3O2. The third kappa shape index (κ3) is 10.4. The highest BCUT2D eigenvalue weighted by atomic mass is 16.5. The smallest absolute Gasteiger partial charge is 0.407 e. The van der Waals surface area contributed by atoms with E-state index < -0.39 is 0 Å². The minimum absolute atomic E-state index is 0.317. The molecule has 1 N–H and O–H groups in total. The molecule has 0 spiro atoms. The summed E-state index contributed by atoms with van der Waals surface area (Å²) >= 11 is 0. The molecule has 0 unspecified atom stereocenters. The summed E-state index contributed by atoms with van der Waals surface area (Å²) in [5.74, 6) is 0.927. The highest BCUT2D eigenvalue weighted by Gasteiger charge is 2.29. The van der Waals surface area contributed by atoms with Crippen molar-refractivity contribution in [3.8, 4) is 0 Å². The number of carbonyl (C=O) groups excluding carboxylic acids is 1. The van der Waals surface area contributed by atoms with Crippen molar-refractivity contribution in [3.63, 3.8) is 0 Å². The summed E-state index contributed by atoms with van der Waals surface area (Å²) in [6, 6.07) is 21.6. The Labute approximate surface area is 230 Å². The fourth-order valence-electron chi connectivity index (χ4n) is 6.17. The molecule has 0 aromatic heterocycles. The van der Waals surface area contributed by atoms with E-state index in [1.807, 2.05) is 30.3 Å². The topological polar surface area (TPSA) is 44.8 Å². The molecule has 2 aromatic carbocycles. The van der Waals surface area contributed by atoms with Crippen molar-refractivity contribution >= 4 is 6.09 Å². The van der Waals surface area contributed by atoms with Gasteiger partial charge in [-0.25, -0.2) is 4.79 Å². The second kappa shape index (κ2) is 16.6. The molecule has 2 aromatic rings. The third-order valence-electron chi connectivity index (χ3n) is 8.38. The second-order valence-electron chi connectivity index (χ2n) is 11.4. The molecule has 4 rings (SSSR count). The van der Waals surface area contributed by atoms with Gasteiger partial charge in [-0.05, 0) is 42.9 Å². The predicted molar refractivity (Wildman–Crippen MR) is 156 cm³/mol. The van der Waals surface area contributed by atoms with Crippen LogP contribution in [0.25, 0.3) is 0 Å². The minimum atomic E-state index is -0.317. The molecule has 5 nitrogen and oxygen atoms in total. The maximum Gasteiger partial charge on any atom is 0.407 e. The molecule has 2 fully saturated rings. The van der Waals surface area contributed by atoms with Gasteiger partial charge in [-0.1, -0.05) is 112 Å². The van der Waals surface area contributed by atoms with Crippen molar-refractivity contribution in [2.24, 2.45) is 5.92 Å². The minimum Gasteiger partial charge on any atom is -0.445 e. The van der Waals surface area contributed by atoms with Crippen LogP contribution in [0, 0.1) is 5.92 Å². The Morgan fingerprint density at radius 3 is 2.26 bits per heavy atom. The Morgan fingerprint density at radius 2 is 1.50 bits per heavy atom. The normalized spacial score (nSPS) is 19.3. The summed E-state index contributed by atoms with van der Waals surface area (Å²) < 4.78 is 5.28. The Morgan fingerprint density at radius 1 is 0.816 bits per heavy atom. The van der Waals surface area contributed by atoms with Crippen molar-refractivity contribution in [2.75, 3.05) is 32.7 Å². The lowest BCUT2D eigenvalue weighted by atomic mass is 9.84. The van der Waals surface area contributed by atoms with Crippen LogP contribution < -0.4 is 5.32 Å². The summed E-state index contributed by atoms with van der Waals surface area (Å²) in [5, 5.41) is 2.88. The van der Waals surface area contributed by atoms with Crippen LogP contribution in [0.5, 0.6) is 0 Å². The first-order valence-electron chi connectivity index (χ1n) is 15.2. The van der Waals surface area contributed by atoms with Crippen LogP contribution >= 0.6 is 0 Å². The van der Waals surface area contributed by atoms with E-state index in [-0.39, 0.29) is 6.09 Å². The number of hydrogen-bond acceptors (Lipinski definition) is 4. The quantitative estimate of drug-likeness (QED) is 0.272. The summed E-state index contributed by atoms with van der Waals surface area (Å²) in [4.78, 5) is 17.4. The fraction of sp³-hybridized carbons (Fsp3) is 0.606. The average Bonchev–Trinajstić information content (AvgIpc) is 2.96. The number of piperazine rings is 1. The van der Waals surface area contributed by atoms with Gasteiger partial charge in [0.2, 0.25) is 0 Å². The van der Waals surface area contributed by atoms with E-state index in [0.717, 1.165) is 30.9 Å². The fourth-order valence-corrected chi connectivity index (χ4v) is 6.17. The van der Waals surface area contributed by atoms with Gasteiger partial charge in [-0.2, -0.15) is 0 Å². The first kappa shape index (κ1) is 28.6. The Balaban J connectivity index is 1.08. The summed E-state index contributed by atoms with van der Waals surface area (Å²) in [5.41, 5.74) is 2.47. The molecule has 2 aliphatic rings. The summed E-state index contributed by atoms with van der Waals surface area (Å²) in [7, 11) is 0. The van der Waals surface area contributed by atoms with Crippen LogP contribution in [0.15, 0.2) is 60.7 Å². The van der Waals surface area contributed by atoms with Gasteiger partial charge in [0.1, 0.15) is 6.61 Å². The molecule has 1 saturated carbocycles. The number of nitrogens with one attached hydrogen (secondary N) is 1. The largest absolute Gasteiger partial charge is 0.445 e. The van der Waals surface area contributed by atoms with E-state index in [9.17, 15) is 4.79 Å². The standard InChI is InChI=1S/C33H49N3O2/c37-33(38-28-31-19-11-6-12-20-31)34-21-13-2-1-3-14-22-35-23-24-36(26-30-17-9-5-10-18-30)32(27-35)25-29-15-7-4-8-16-29/h5-6,9-12,17-20,29,32H,1-4,7-8,13-16,21-28H2,(H,34,37)/t32-/m0/s1. The van der Waals surface area contributed by atoms with Gasteiger partial charge >= 0.3 is 6.09 Å². The van der Waals surface area contributed by atoms with Crippen LogP contribution in [-0.2, 0) is 17.9 Å². The molecule has 1 heterocycles. The van der Waals surface area contributed by atoms with Crippen LogP contribution in [0.3, 0.4) is 0 Å². The number of nitrogens with zero attached hydrogens (tertiary/aromatic N) is 2. The van der Waals surface area contributed by atoms with Gasteiger partial charge in [0.05, 0.1) is 0 Å². The number of hydrogen-bond donors (Lipinski definition) is 1. The Bertz CT molecular complexity index is 901.